The molecule has 0 aromatic heterocycles. The summed E-state index contributed by atoms with van der Waals surface area (Å²) in [6.07, 6.45) is 5.64. The van der Waals surface area contributed by atoms with E-state index in [0.29, 0.717) is 48.3 Å². The molecule has 240 valence electrons. The van der Waals surface area contributed by atoms with Gasteiger partial charge in [-0.25, -0.2) is 0 Å². The van der Waals surface area contributed by atoms with Gasteiger partial charge in [0.15, 0.2) is 11.6 Å². The number of Topliss-reactive ketones (excluding diaryl/α,β-unsaturated/α-hetero) is 1. The number of hydrogen-bond donors (Lipinski definition) is 3. The van der Waals surface area contributed by atoms with E-state index >= 15 is 0 Å². The smallest absolute Gasteiger partial charge is 0.185 e. The lowest BCUT2D eigenvalue weighted by atomic mass is 9.59. The fourth-order valence-electron chi connectivity index (χ4n) is 7.66. The van der Waals surface area contributed by atoms with Gasteiger partial charge in [0.2, 0.25) is 0 Å². The highest BCUT2D eigenvalue weighted by molar-refractivity contribution is 6.07. The molecular formula is C40H38O7. The topological polar surface area (TPSA) is 113 Å². The average molecular weight is 631 g/mol. The van der Waals surface area contributed by atoms with Crippen LogP contribution in [-0.4, -0.2) is 38.1 Å². The lowest BCUT2D eigenvalue weighted by molar-refractivity contribution is -0.00667. The largest absolute Gasteiger partial charge is 0.508 e. The van der Waals surface area contributed by atoms with E-state index in [1.165, 1.54) is 6.08 Å². The summed E-state index contributed by atoms with van der Waals surface area (Å²) in [6, 6.07) is 22.4. The molecule has 4 aromatic rings. The predicted molar refractivity (Wildman–Crippen MR) is 179 cm³/mol. The normalized spacial score (nSPS) is 24.0. The van der Waals surface area contributed by atoms with Crippen LogP contribution in [0.5, 0.6) is 28.7 Å². The van der Waals surface area contributed by atoms with Gasteiger partial charge < -0.3 is 24.8 Å². The molecule has 0 radical (unpaired) electrons. The van der Waals surface area contributed by atoms with E-state index in [2.05, 4.69) is 6.92 Å². The number of carbonyl (C=O) groups is 2. The Bertz CT molecular complexity index is 1900. The summed E-state index contributed by atoms with van der Waals surface area (Å²) in [5, 5.41) is 31.2. The lowest BCUT2D eigenvalue weighted by Crippen LogP contribution is -2.49. The Morgan fingerprint density at radius 3 is 2.17 bits per heavy atom. The highest BCUT2D eigenvalue weighted by Gasteiger charge is 2.53. The van der Waals surface area contributed by atoms with Crippen molar-refractivity contribution in [3.63, 3.8) is 0 Å². The molecule has 0 amide bonds. The second-order valence-corrected chi connectivity index (χ2v) is 14.0. The number of phenols is 3. The first kappa shape index (κ1) is 30.6. The van der Waals surface area contributed by atoms with Gasteiger partial charge in [0.25, 0.3) is 0 Å². The van der Waals surface area contributed by atoms with Crippen molar-refractivity contribution in [2.24, 2.45) is 5.92 Å². The number of ketones is 2. The molecule has 0 saturated heterocycles. The van der Waals surface area contributed by atoms with Crippen molar-refractivity contribution in [2.45, 2.75) is 69.5 Å². The molecule has 1 fully saturated rings. The minimum Gasteiger partial charge on any atom is -0.508 e. The molecule has 7 heteroatoms. The Kier molecular flexibility index (Phi) is 7.38. The summed E-state index contributed by atoms with van der Waals surface area (Å²) < 4.78 is 12.7. The van der Waals surface area contributed by atoms with Crippen molar-refractivity contribution in [1.82, 2.24) is 0 Å². The van der Waals surface area contributed by atoms with E-state index in [1.807, 2.05) is 38.1 Å². The molecule has 7 rings (SSSR count). The number of aromatic hydroxyl groups is 3. The molecule has 4 atom stereocenters. The van der Waals surface area contributed by atoms with Gasteiger partial charge in [0, 0.05) is 23.0 Å². The summed E-state index contributed by atoms with van der Waals surface area (Å²) in [4.78, 5) is 28.2. The second kappa shape index (κ2) is 11.3. The van der Waals surface area contributed by atoms with Gasteiger partial charge in [-0.2, -0.15) is 0 Å². The molecule has 3 aliphatic rings. The molecule has 4 aromatic carbocycles. The third kappa shape index (κ3) is 5.75. The van der Waals surface area contributed by atoms with Crippen molar-refractivity contribution < 1.29 is 34.4 Å². The van der Waals surface area contributed by atoms with Crippen LogP contribution in [0.3, 0.4) is 0 Å². The van der Waals surface area contributed by atoms with E-state index in [0.717, 1.165) is 16.7 Å². The van der Waals surface area contributed by atoms with Gasteiger partial charge in [0.1, 0.15) is 39.9 Å². The first-order chi connectivity index (χ1) is 22.4. The zero-order chi connectivity index (χ0) is 33.1. The Balaban J connectivity index is 1.30. The van der Waals surface area contributed by atoms with Crippen LogP contribution in [0.25, 0.3) is 6.08 Å². The van der Waals surface area contributed by atoms with Gasteiger partial charge in [0.05, 0.1) is 5.56 Å². The molecule has 4 unspecified atom stereocenters. The van der Waals surface area contributed by atoms with Crippen LogP contribution >= 0.6 is 0 Å². The summed E-state index contributed by atoms with van der Waals surface area (Å²) in [6.45, 7) is 6.09. The Morgan fingerprint density at radius 1 is 0.787 bits per heavy atom. The molecule has 3 N–H and O–H groups in total. The number of carbonyl (C=O) groups excluding carboxylic acids is 2. The predicted octanol–water partition coefficient (Wildman–Crippen LogP) is 8.11. The standard InChI is InChI=1S/C40H38O7/c1-39(2)19-18-28-34(46-39)17-14-29(37(28)44)38(45)36-31(24-7-12-27(42)13-8-24)21-40(3)22-32(36)30-20-25(9-16-35(30)47-40)33(43)15-6-23-4-10-26(41)11-5-23/h4-17,20,31-32,36,41-42,44H,18-19,21-22H2,1-3H3/b15-6+. The Hall–Kier alpha value is -5.04. The van der Waals surface area contributed by atoms with E-state index < -0.39 is 11.5 Å². The second-order valence-electron chi connectivity index (χ2n) is 14.0. The molecule has 2 aliphatic heterocycles. The fourth-order valence-corrected chi connectivity index (χ4v) is 7.66. The minimum absolute atomic E-state index is 0.0311. The quantitative estimate of drug-likeness (QED) is 0.146. The molecule has 2 bridgehead atoms. The Labute approximate surface area is 274 Å². The molecule has 1 aliphatic carbocycles. The number of phenolic OH excluding ortho intramolecular Hbond substituents is 3. The first-order valence-electron chi connectivity index (χ1n) is 16.1. The first-order valence-corrected chi connectivity index (χ1v) is 16.1. The Morgan fingerprint density at radius 2 is 1.45 bits per heavy atom. The van der Waals surface area contributed by atoms with Crippen molar-refractivity contribution in [3.05, 3.63) is 118 Å². The van der Waals surface area contributed by atoms with Crippen molar-refractivity contribution >= 4 is 17.6 Å². The number of benzene rings is 4. The number of hydrogen-bond acceptors (Lipinski definition) is 7. The van der Waals surface area contributed by atoms with Gasteiger partial charge in [-0.1, -0.05) is 30.3 Å². The highest BCUT2D eigenvalue weighted by Crippen LogP contribution is 2.58. The maximum Gasteiger partial charge on any atom is 0.185 e. The fraction of sp³-hybridized carbons (Fsp3) is 0.300. The summed E-state index contributed by atoms with van der Waals surface area (Å²) >= 11 is 0. The van der Waals surface area contributed by atoms with E-state index in [9.17, 15) is 24.9 Å². The lowest BCUT2D eigenvalue weighted by Gasteiger charge is -2.51. The van der Waals surface area contributed by atoms with Crippen LogP contribution in [0, 0.1) is 5.92 Å². The van der Waals surface area contributed by atoms with Gasteiger partial charge >= 0.3 is 0 Å². The maximum atomic E-state index is 14.8. The molecule has 1 saturated carbocycles. The zero-order valence-electron chi connectivity index (χ0n) is 26.7. The van der Waals surface area contributed by atoms with E-state index in [4.69, 9.17) is 9.47 Å². The summed E-state index contributed by atoms with van der Waals surface area (Å²) in [5.74, 6) is -0.0125. The van der Waals surface area contributed by atoms with Gasteiger partial charge in [-0.3, -0.25) is 9.59 Å². The molecule has 47 heavy (non-hydrogen) atoms. The van der Waals surface area contributed by atoms with Crippen LogP contribution in [0.15, 0.2) is 84.9 Å². The molecular weight excluding hydrogens is 592 g/mol. The van der Waals surface area contributed by atoms with E-state index in [1.54, 1.807) is 60.7 Å². The number of rotatable bonds is 6. The van der Waals surface area contributed by atoms with Crippen molar-refractivity contribution in [1.29, 1.82) is 0 Å². The highest BCUT2D eigenvalue weighted by atomic mass is 16.5. The average Bonchev–Trinajstić information content (AvgIpc) is 3.03. The summed E-state index contributed by atoms with van der Waals surface area (Å²) in [5.41, 5.74) is 2.93. The van der Waals surface area contributed by atoms with Crippen LogP contribution in [0.2, 0.25) is 0 Å². The molecule has 0 spiro atoms. The third-order valence-corrected chi connectivity index (χ3v) is 10.0. The van der Waals surface area contributed by atoms with Crippen LogP contribution in [0.1, 0.15) is 94.8 Å². The number of fused-ring (bicyclic) bond motifs is 5. The summed E-state index contributed by atoms with van der Waals surface area (Å²) in [7, 11) is 0. The van der Waals surface area contributed by atoms with Crippen LogP contribution in [-0.2, 0) is 6.42 Å². The number of ether oxygens (including phenoxy) is 2. The zero-order valence-corrected chi connectivity index (χ0v) is 26.7. The SMILES string of the molecule is CC1(C)CCc2c(ccc(C(=O)C3C(c4ccc(O)cc4)CC4(C)CC3c3cc(C(=O)/C=C/c5ccc(O)cc5)ccc3O4)c2O)O1. The minimum atomic E-state index is -0.571. The van der Waals surface area contributed by atoms with Gasteiger partial charge in [-0.05, 0) is 130 Å². The third-order valence-electron chi connectivity index (χ3n) is 10.0. The van der Waals surface area contributed by atoms with Crippen molar-refractivity contribution in [2.75, 3.05) is 0 Å². The monoisotopic (exact) mass is 630 g/mol. The number of allylic oxidation sites excluding steroid dienone is 1. The van der Waals surface area contributed by atoms with Crippen molar-refractivity contribution in [3.8, 4) is 28.7 Å². The van der Waals surface area contributed by atoms with E-state index in [-0.39, 0.29) is 51.8 Å². The molecule has 7 nitrogen and oxygen atoms in total. The molecule has 2 heterocycles. The van der Waals surface area contributed by atoms with Crippen LogP contribution < -0.4 is 9.47 Å². The van der Waals surface area contributed by atoms with Gasteiger partial charge in [-0.15, -0.1) is 0 Å². The van der Waals surface area contributed by atoms with Crippen LogP contribution in [0.4, 0.5) is 0 Å². The maximum absolute atomic E-state index is 14.8.